The summed E-state index contributed by atoms with van der Waals surface area (Å²) < 4.78 is 0. The summed E-state index contributed by atoms with van der Waals surface area (Å²) in [4.78, 5) is 0. The summed E-state index contributed by atoms with van der Waals surface area (Å²) in [5.74, 6) is 0. The normalized spacial score (nSPS) is 16.7. The van der Waals surface area contributed by atoms with Crippen LogP contribution in [-0.2, 0) is 0 Å². The molecule has 2 heteroatoms. The first-order valence-electron chi connectivity index (χ1n) is 1.93. The van der Waals surface area contributed by atoms with Crippen molar-refractivity contribution in [3.8, 4) is 0 Å². The van der Waals surface area contributed by atoms with E-state index in [1.807, 2.05) is 0 Å². The molecule has 0 aromatic heterocycles. The molecule has 1 aliphatic heterocycles. The molecule has 0 saturated carbocycles. The quantitative estimate of drug-likeness (QED) is 0.402. The Labute approximate surface area is 42.2 Å². The number of hydrogen-bond donors (Lipinski definition) is 0. The molecule has 0 atom stereocenters. The molecule has 1 aliphatic rings. The summed E-state index contributed by atoms with van der Waals surface area (Å²) in [6.45, 7) is 5.18. The SMILES string of the molecule is [CH+]=C1C=CC=N[N-]1. The van der Waals surface area contributed by atoms with Crippen LogP contribution in [0.5, 0.6) is 0 Å². The molecular weight excluding hydrogens is 88.1 g/mol. The number of nitrogens with zero attached hydrogens (tertiary/aromatic N) is 2. The maximum Gasteiger partial charge on any atom is 0.104 e. The Balaban J connectivity index is 2.66. The number of allylic oxidation sites excluding steroid dienone is 2. The van der Waals surface area contributed by atoms with Gasteiger partial charge in [-0.25, -0.2) is 0 Å². The Kier molecular flexibility index (Phi) is 0.886. The average Bonchev–Trinajstić information content (AvgIpc) is 1.69. The van der Waals surface area contributed by atoms with Crippen molar-refractivity contribution in [1.82, 2.24) is 0 Å². The van der Waals surface area contributed by atoms with E-state index in [4.69, 9.17) is 6.58 Å². The number of hydrogen-bond acceptors (Lipinski definition) is 1. The van der Waals surface area contributed by atoms with E-state index in [1.54, 1.807) is 18.4 Å². The zero-order valence-electron chi connectivity index (χ0n) is 3.70. The lowest BCUT2D eigenvalue weighted by atomic mass is 10.4. The van der Waals surface area contributed by atoms with Crippen LogP contribution in [0, 0.1) is 6.58 Å². The van der Waals surface area contributed by atoms with Crippen molar-refractivity contribution in [3.05, 3.63) is 29.9 Å². The fourth-order valence-corrected chi connectivity index (χ4v) is 0.313. The van der Waals surface area contributed by atoms with Crippen LogP contribution in [0.2, 0.25) is 0 Å². The van der Waals surface area contributed by atoms with Crippen molar-refractivity contribution < 1.29 is 0 Å². The summed E-state index contributed by atoms with van der Waals surface area (Å²) >= 11 is 0. The topological polar surface area (TPSA) is 26.5 Å². The first-order valence-corrected chi connectivity index (χ1v) is 1.93. The summed E-state index contributed by atoms with van der Waals surface area (Å²) in [5.41, 5.74) is 3.97. The van der Waals surface area contributed by atoms with Gasteiger partial charge in [-0.1, -0.05) is 0 Å². The highest BCUT2D eigenvalue weighted by Crippen LogP contribution is 2.05. The van der Waals surface area contributed by atoms with Gasteiger partial charge in [-0.2, -0.15) is 0 Å². The molecule has 0 bridgehead atoms. The fraction of sp³-hybridized carbons (Fsp3) is 0. The molecule has 0 spiro atoms. The molecule has 0 unspecified atom stereocenters. The lowest BCUT2D eigenvalue weighted by Gasteiger charge is -2.07. The summed E-state index contributed by atoms with van der Waals surface area (Å²) in [7, 11) is 0. The van der Waals surface area contributed by atoms with Crippen molar-refractivity contribution in [2.75, 3.05) is 0 Å². The van der Waals surface area contributed by atoms with Gasteiger partial charge in [0, 0.05) is 18.9 Å². The summed E-state index contributed by atoms with van der Waals surface area (Å²) in [6.07, 6.45) is 5.01. The van der Waals surface area contributed by atoms with Crippen LogP contribution in [0.3, 0.4) is 0 Å². The summed E-state index contributed by atoms with van der Waals surface area (Å²) in [5, 5.41) is 3.51. The van der Waals surface area contributed by atoms with Crippen LogP contribution >= 0.6 is 0 Å². The molecule has 1 rings (SSSR count). The molecule has 0 amide bonds. The van der Waals surface area contributed by atoms with Gasteiger partial charge in [0.1, 0.15) is 5.70 Å². The second-order valence-corrected chi connectivity index (χ2v) is 1.15. The second-order valence-electron chi connectivity index (χ2n) is 1.15. The van der Waals surface area contributed by atoms with Gasteiger partial charge in [-0.15, -0.1) is 0 Å². The molecule has 1 heterocycles. The van der Waals surface area contributed by atoms with E-state index in [0.29, 0.717) is 5.70 Å². The largest absolute Gasteiger partial charge is 0.532 e. The monoisotopic (exact) mass is 92.0 g/mol. The Morgan fingerprint density at radius 1 is 1.71 bits per heavy atom. The van der Waals surface area contributed by atoms with Gasteiger partial charge in [0.2, 0.25) is 0 Å². The van der Waals surface area contributed by atoms with E-state index in [9.17, 15) is 0 Å². The first kappa shape index (κ1) is 4.03. The Morgan fingerprint density at radius 3 is 2.86 bits per heavy atom. The molecule has 0 N–H and O–H groups in total. The van der Waals surface area contributed by atoms with Gasteiger partial charge >= 0.3 is 0 Å². The molecule has 0 fully saturated rings. The van der Waals surface area contributed by atoms with Gasteiger partial charge < -0.3 is 10.5 Å². The van der Waals surface area contributed by atoms with Gasteiger partial charge in [0.25, 0.3) is 0 Å². The minimum Gasteiger partial charge on any atom is -0.532 e. The van der Waals surface area contributed by atoms with Crippen LogP contribution < -0.4 is 0 Å². The molecule has 2 nitrogen and oxygen atoms in total. The Morgan fingerprint density at radius 2 is 2.57 bits per heavy atom. The average molecular weight is 92.1 g/mol. The van der Waals surface area contributed by atoms with Crippen molar-refractivity contribution in [2.24, 2.45) is 5.10 Å². The Hall–Kier alpha value is -1.14. The van der Waals surface area contributed by atoms with Crippen LogP contribution in [-0.4, -0.2) is 6.21 Å². The molecule has 34 valence electrons. The highest BCUT2D eigenvalue weighted by Gasteiger charge is 1.82. The lowest BCUT2D eigenvalue weighted by Crippen LogP contribution is -1.76. The van der Waals surface area contributed by atoms with E-state index in [-0.39, 0.29) is 0 Å². The molecule has 0 aliphatic carbocycles. The third kappa shape index (κ3) is 0.845. The van der Waals surface area contributed by atoms with Gasteiger partial charge in [0.05, 0.1) is 6.08 Å². The molecular formula is C5H4N2. The van der Waals surface area contributed by atoms with Crippen LogP contribution in [0.1, 0.15) is 0 Å². The predicted octanol–water partition coefficient (Wildman–Crippen LogP) is 1.23. The first-order chi connectivity index (χ1) is 3.39. The maximum atomic E-state index is 5.18. The van der Waals surface area contributed by atoms with E-state index >= 15 is 0 Å². The van der Waals surface area contributed by atoms with Crippen molar-refractivity contribution >= 4 is 6.21 Å². The second kappa shape index (κ2) is 1.54. The minimum absolute atomic E-state index is 0.461. The van der Waals surface area contributed by atoms with Crippen molar-refractivity contribution in [2.45, 2.75) is 0 Å². The smallest absolute Gasteiger partial charge is 0.104 e. The minimum atomic E-state index is 0.461. The van der Waals surface area contributed by atoms with Gasteiger partial charge in [0.15, 0.2) is 0 Å². The number of rotatable bonds is 0. The van der Waals surface area contributed by atoms with Crippen molar-refractivity contribution in [3.63, 3.8) is 0 Å². The van der Waals surface area contributed by atoms with Crippen LogP contribution in [0.25, 0.3) is 5.43 Å². The molecule has 0 aromatic rings. The van der Waals surface area contributed by atoms with Crippen molar-refractivity contribution in [1.29, 1.82) is 0 Å². The maximum absolute atomic E-state index is 5.18. The predicted molar refractivity (Wildman–Crippen MR) is 28.8 cm³/mol. The Bertz CT molecular complexity index is 133. The van der Waals surface area contributed by atoms with E-state index in [1.165, 1.54) is 0 Å². The standard InChI is InChI=1S/C5H4N2/c1-5-3-2-4-6-7-5/h1-4H. The highest BCUT2D eigenvalue weighted by molar-refractivity contribution is 5.74. The fourth-order valence-electron chi connectivity index (χ4n) is 0.313. The van der Waals surface area contributed by atoms with Gasteiger partial charge in [-0.05, 0) is 0 Å². The van der Waals surface area contributed by atoms with Crippen LogP contribution in [0.4, 0.5) is 0 Å². The van der Waals surface area contributed by atoms with E-state index < -0.39 is 0 Å². The van der Waals surface area contributed by atoms with E-state index in [0.717, 1.165) is 0 Å². The molecule has 0 radical (unpaired) electrons. The summed E-state index contributed by atoms with van der Waals surface area (Å²) in [6, 6.07) is 0. The lowest BCUT2D eigenvalue weighted by molar-refractivity contribution is 1.39. The third-order valence-corrected chi connectivity index (χ3v) is 0.593. The molecule has 0 saturated heterocycles. The third-order valence-electron chi connectivity index (χ3n) is 0.593. The molecule has 0 aromatic carbocycles. The van der Waals surface area contributed by atoms with Crippen LogP contribution in [0.15, 0.2) is 23.0 Å². The zero-order chi connectivity index (χ0) is 5.11. The van der Waals surface area contributed by atoms with Gasteiger partial charge in [-0.3, -0.25) is 0 Å². The highest BCUT2D eigenvalue weighted by atomic mass is 15.3. The molecule has 7 heavy (non-hydrogen) atoms. The van der Waals surface area contributed by atoms with E-state index in [2.05, 4.69) is 10.5 Å². The zero-order valence-corrected chi connectivity index (χ0v) is 3.70.